The molecule has 0 saturated carbocycles. The third-order valence-electron chi connectivity index (χ3n) is 1.99. The predicted molar refractivity (Wildman–Crippen MR) is 61.8 cm³/mol. The van der Waals surface area contributed by atoms with Gasteiger partial charge in [0.1, 0.15) is 5.15 Å². The maximum atomic E-state index is 11.2. The number of methoxy groups -OCH3 is 1. The molecule has 0 bridgehead atoms. The third kappa shape index (κ3) is 3.47. The standard InChI is InChI=1S/C10H11BrClNO2/c1-6(10(14)15-2)5-8-7(11)3-4-9(12)13-8/h3-4,6H,5H2,1-2H3. The molecule has 5 heteroatoms. The van der Waals surface area contributed by atoms with Crippen molar-refractivity contribution in [3.05, 3.63) is 27.5 Å². The molecule has 1 atom stereocenters. The highest BCUT2D eigenvalue weighted by atomic mass is 79.9. The van der Waals surface area contributed by atoms with E-state index in [1.165, 1.54) is 7.11 Å². The summed E-state index contributed by atoms with van der Waals surface area (Å²) in [4.78, 5) is 15.4. The molecule has 15 heavy (non-hydrogen) atoms. The number of hydrogen-bond acceptors (Lipinski definition) is 3. The van der Waals surface area contributed by atoms with Crippen molar-refractivity contribution in [2.45, 2.75) is 13.3 Å². The van der Waals surface area contributed by atoms with Crippen LogP contribution >= 0.6 is 27.5 Å². The van der Waals surface area contributed by atoms with E-state index >= 15 is 0 Å². The summed E-state index contributed by atoms with van der Waals surface area (Å²) in [5, 5.41) is 0.422. The Labute approximate surface area is 102 Å². The Balaban J connectivity index is 2.80. The lowest BCUT2D eigenvalue weighted by atomic mass is 10.1. The van der Waals surface area contributed by atoms with Crippen LogP contribution < -0.4 is 0 Å². The smallest absolute Gasteiger partial charge is 0.308 e. The van der Waals surface area contributed by atoms with E-state index in [1.54, 1.807) is 13.0 Å². The van der Waals surface area contributed by atoms with Gasteiger partial charge < -0.3 is 4.74 Å². The molecule has 3 nitrogen and oxygen atoms in total. The first kappa shape index (κ1) is 12.5. The van der Waals surface area contributed by atoms with Crippen molar-refractivity contribution >= 4 is 33.5 Å². The van der Waals surface area contributed by atoms with Gasteiger partial charge in [-0.3, -0.25) is 4.79 Å². The molecule has 0 amide bonds. The molecule has 0 N–H and O–H groups in total. The van der Waals surface area contributed by atoms with E-state index in [4.69, 9.17) is 11.6 Å². The van der Waals surface area contributed by atoms with Crippen molar-refractivity contribution in [1.82, 2.24) is 4.98 Å². The number of rotatable bonds is 3. The molecule has 0 aliphatic heterocycles. The van der Waals surface area contributed by atoms with E-state index in [0.29, 0.717) is 11.6 Å². The molecular weight excluding hydrogens is 281 g/mol. The number of aromatic nitrogens is 1. The molecule has 0 aliphatic carbocycles. The molecule has 0 radical (unpaired) electrons. The number of ether oxygens (including phenoxy) is 1. The van der Waals surface area contributed by atoms with Crippen molar-refractivity contribution in [2.75, 3.05) is 7.11 Å². The summed E-state index contributed by atoms with van der Waals surface area (Å²) in [7, 11) is 1.37. The van der Waals surface area contributed by atoms with Gasteiger partial charge in [-0.15, -0.1) is 0 Å². The van der Waals surface area contributed by atoms with E-state index < -0.39 is 0 Å². The summed E-state index contributed by atoms with van der Waals surface area (Å²) < 4.78 is 5.49. The van der Waals surface area contributed by atoms with Crippen LogP contribution in [0.15, 0.2) is 16.6 Å². The zero-order valence-corrected chi connectivity index (χ0v) is 10.8. The SMILES string of the molecule is COC(=O)C(C)Cc1nc(Cl)ccc1Br. The fourth-order valence-corrected chi connectivity index (χ4v) is 1.72. The van der Waals surface area contributed by atoms with Crippen LogP contribution in [0.3, 0.4) is 0 Å². The number of carbonyl (C=O) groups excluding carboxylic acids is 1. The molecule has 82 valence electrons. The van der Waals surface area contributed by atoms with Gasteiger partial charge in [0.25, 0.3) is 0 Å². The van der Waals surface area contributed by atoms with Crippen LogP contribution in [0.2, 0.25) is 5.15 Å². The first-order valence-electron chi connectivity index (χ1n) is 4.43. The quantitative estimate of drug-likeness (QED) is 0.635. The van der Waals surface area contributed by atoms with Gasteiger partial charge in [-0.1, -0.05) is 18.5 Å². The largest absolute Gasteiger partial charge is 0.469 e. The highest BCUT2D eigenvalue weighted by Gasteiger charge is 2.16. The highest BCUT2D eigenvalue weighted by molar-refractivity contribution is 9.10. The summed E-state index contributed by atoms with van der Waals surface area (Å²) in [6.07, 6.45) is 0.508. The number of nitrogens with zero attached hydrogens (tertiary/aromatic N) is 1. The number of carbonyl (C=O) groups is 1. The second-order valence-corrected chi connectivity index (χ2v) is 4.43. The summed E-state index contributed by atoms with van der Waals surface area (Å²) in [5.41, 5.74) is 0.764. The first-order chi connectivity index (χ1) is 7.04. The number of halogens is 2. The first-order valence-corrected chi connectivity index (χ1v) is 5.60. The lowest BCUT2D eigenvalue weighted by Crippen LogP contribution is -2.16. The number of hydrogen-bond donors (Lipinski definition) is 0. The molecule has 0 spiro atoms. The Hall–Kier alpha value is -0.610. The van der Waals surface area contributed by atoms with Crippen LogP contribution in [0.5, 0.6) is 0 Å². The Morgan fingerprint density at radius 3 is 2.93 bits per heavy atom. The van der Waals surface area contributed by atoms with Gasteiger partial charge in [-0.2, -0.15) is 0 Å². The molecule has 1 aromatic rings. The minimum absolute atomic E-state index is 0.225. The Bertz CT molecular complexity index is 370. The van der Waals surface area contributed by atoms with Crippen LogP contribution in [0.4, 0.5) is 0 Å². The molecule has 1 heterocycles. The Kier molecular flexibility index (Phi) is 4.54. The molecule has 1 aromatic heterocycles. The van der Waals surface area contributed by atoms with Crippen LogP contribution in [-0.2, 0) is 16.0 Å². The van der Waals surface area contributed by atoms with Crippen molar-refractivity contribution in [1.29, 1.82) is 0 Å². The molecule has 1 rings (SSSR count). The molecular formula is C10H11BrClNO2. The second kappa shape index (κ2) is 5.47. The summed E-state index contributed by atoms with van der Waals surface area (Å²) in [6.45, 7) is 1.79. The van der Waals surface area contributed by atoms with E-state index in [2.05, 4.69) is 25.7 Å². The van der Waals surface area contributed by atoms with Gasteiger partial charge in [0, 0.05) is 10.9 Å². The van der Waals surface area contributed by atoms with Crippen LogP contribution in [-0.4, -0.2) is 18.1 Å². The number of esters is 1. The van der Waals surface area contributed by atoms with Gasteiger partial charge in [0.15, 0.2) is 0 Å². The topological polar surface area (TPSA) is 39.2 Å². The van der Waals surface area contributed by atoms with Crippen LogP contribution in [0, 0.1) is 5.92 Å². The zero-order chi connectivity index (χ0) is 11.4. The van der Waals surface area contributed by atoms with Crippen molar-refractivity contribution < 1.29 is 9.53 Å². The highest BCUT2D eigenvalue weighted by Crippen LogP contribution is 2.20. The van der Waals surface area contributed by atoms with Crippen molar-refractivity contribution in [3.8, 4) is 0 Å². The van der Waals surface area contributed by atoms with Crippen molar-refractivity contribution in [3.63, 3.8) is 0 Å². The fourth-order valence-electron chi connectivity index (χ4n) is 1.18. The van der Waals surface area contributed by atoms with Gasteiger partial charge in [-0.05, 0) is 28.1 Å². The van der Waals surface area contributed by atoms with E-state index in [1.807, 2.05) is 6.07 Å². The van der Waals surface area contributed by atoms with E-state index in [0.717, 1.165) is 10.2 Å². The Morgan fingerprint density at radius 1 is 1.67 bits per heavy atom. The monoisotopic (exact) mass is 291 g/mol. The lowest BCUT2D eigenvalue weighted by Gasteiger charge is -2.09. The Morgan fingerprint density at radius 2 is 2.33 bits per heavy atom. The maximum Gasteiger partial charge on any atom is 0.308 e. The fraction of sp³-hybridized carbons (Fsp3) is 0.400. The average Bonchev–Trinajstić information content (AvgIpc) is 2.22. The van der Waals surface area contributed by atoms with Gasteiger partial charge >= 0.3 is 5.97 Å². The third-order valence-corrected chi connectivity index (χ3v) is 2.92. The maximum absolute atomic E-state index is 11.2. The van der Waals surface area contributed by atoms with Crippen LogP contribution in [0.1, 0.15) is 12.6 Å². The molecule has 0 aromatic carbocycles. The summed E-state index contributed by atoms with van der Waals surface area (Å²) >= 11 is 9.12. The molecule has 0 saturated heterocycles. The summed E-state index contributed by atoms with van der Waals surface area (Å²) in [6, 6.07) is 3.51. The minimum Gasteiger partial charge on any atom is -0.469 e. The van der Waals surface area contributed by atoms with Gasteiger partial charge in [0.2, 0.25) is 0 Å². The zero-order valence-electron chi connectivity index (χ0n) is 8.46. The van der Waals surface area contributed by atoms with E-state index in [-0.39, 0.29) is 11.9 Å². The molecule has 0 aliphatic rings. The minimum atomic E-state index is -0.247. The second-order valence-electron chi connectivity index (χ2n) is 3.19. The molecule has 1 unspecified atom stereocenters. The summed E-state index contributed by atoms with van der Waals surface area (Å²) in [5.74, 6) is -0.471. The van der Waals surface area contributed by atoms with E-state index in [9.17, 15) is 4.79 Å². The predicted octanol–water partition coefficient (Wildman–Crippen LogP) is 2.85. The lowest BCUT2D eigenvalue weighted by molar-refractivity contribution is -0.144. The van der Waals surface area contributed by atoms with Crippen molar-refractivity contribution in [2.24, 2.45) is 5.92 Å². The van der Waals surface area contributed by atoms with Gasteiger partial charge in [-0.25, -0.2) is 4.98 Å². The normalized spacial score (nSPS) is 12.3. The average molecular weight is 293 g/mol. The van der Waals surface area contributed by atoms with Gasteiger partial charge in [0.05, 0.1) is 18.7 Å². The molecule has 0 fully saturated rings. The van der Waals surface area contributed by atoms with Crippen LogP contribution in [0.25, 0.3) is 0 Å². The number of pyridine rings is 1.